The second kappa shape index (κ2) is 56.8. The third-order valence-corrected chi connectivity index (χ3v) is 20.9. The molecule has 3 atom stereocenters. The Morgan fingerprint density at radius 3 is 0.785 bits per heavy atom. The van der Waals surface area contributed by atoms with E-state index in [9.17, 15) is 0 Å². The first-order valence-corrected chi connectivity index (χ1v) is 39.0. The van der Waals surface area contributed by atoms with Crippen LogP contribution in [0.5, 0.6) is 0 Å². The van der Waals surface area contributed by atoms with E-state index in [1.54, 1.807) is 0 Å². The standard InChI is InChI=1S/C66H132O9S4/c1-10-67-64(68-11-2,69-12-3)53-43-37-31-25-19-21-28-34-40-46-56-76-78-58-51-62-50-49-61(48-42-36-30-24-23-27-33-39-45-55-66(73-16-7,74-17-8)75-18-9)60-63(62)52-59-79-77-57-47-41-35-29-22-20-26-32-38-44-54-65(70-13-4,71-14-5)72-15-6/h61-63H,10-60H2,1-9H3. The van der Waals surface area contributed by atoms with Crippen LogP contribution in [0.3, 0.4) is 0 Å². The molecule has 0 bridgehead atoms. The molecule has 79 heavy (non-hydrogen) atoms. The summed E-state index contributed by atoms with van der Waals surface area (Å²) in [6.07, 6.45) is 49.9. The van der Waals surface area contributed by atoms with Crippen molar-refractivity contribution in [3.63, 3.8) is 0 Å². The van der Waals surface area contributed by atoms with Gasteiger partial charge in [-0.2, -0.15) is 0 Å². The van der Waals surface area contributed by atoms with E-state index in [-0.39, 0.29) is 0 Å². The van der Waals surface area contributed by atoms with Gasteiger partial charge in [0, 0.05) is 102 Å². The average molecular weight is 1200 g/mol. The van der Waals surface area contributed by atoms with Gasteiger partial charge in [-0.25, -0.2) is 0 Å². The van der Waals surface area contributed by atoms with E-state index >= 15 is 0 Å². The summed E-state index contributed by atoms with van der Waals surface area (Å²) in [5, 5.41) is 0. The van der Waals surface area contributed by atoms with Crippen LogP contribution in [-0.4, -0.2) is 100 Å². The third-order valence-electron chi connectivity index (χ3n) is 15.9. The van der Waals surface area contributed by atoms with Gasteiger partial charge in [0.15, 0.2) is 0 Å². The second-order valence-corrected chi connectivity index (χ2v) is 27.7. The molecule has 0 spiro atoms. The van der Waals surface area contributed by atoms with Crippen LogP contribution in [-0.2, 0) is 42.6 Å². The summed E-state index contributed by atoms with van der Waals surface area (Å²) in [6.45, 7) is 23.7. The fraction of sp³-hybridized carbons (Fsp3) is 1.00. The Morgan fingerprint density at radius 1 is 0.253 bits per heavy atom. The molecule has 1 saturated carbocycles. The monoisotopic (exact) mass is 1200 g/mol. The first-order valence-electron chi connectivity index (χ1n) is 34.0. The number of hydrogen-bond donors (Lipinski definition) is 0. The highest BCUT2D eigenvalue weighted by atomic mass is 33.1. The zero-order chi connectivity index (χ0) is 57.5. The molecule has 0 amide bonds. The van der Waals surface area contributed by atoms with Gasteiger partial charge < -0.3 is 42.6 Å². The molecule has 9 nitrogen and oxygen atoms in total. The maximum atomic E-state index is 5.92. The lowest BCUT2D eigenvalue weighted by molar-refractivity contribution is -0.380. The molecule has 0 aromatic carbocycles. The molecular weight excluding hydrogens is 1060 g/mol. The van der Waals surface area contributed by atoms with Crippen LogP contribution in [0.2, 0.25) is 0 Å². The van der Waals surface area contributed by atoms with E-state index in [4.69, 9.17) is 42.6 Å². The number of hydrogen-bond acceptors (Lipinski definition) is 13. The van der Waals surface area contributed by atoms with E-state index in [2.05, 4.69) is 43.2 Å². The Hall–Kier alpha value is 1.04. The number of ether oxygens (including phenoxy) is 9. The summed E-state index contributed by atoms with van der Waals surface area (Å²) < 4.78 is 53.2. The summed E-state index contributed by atoms with van der Waals surface area (Å²) >= 11 is 0. The molecule has 3 unspecified atom stereocenters. The Labute approximate surface area is 507 Å². The molecule has 1 rings (SSSR count). The SMILES string of the molecule is CCOC(CCCCCCCCCCCCSSCCC1CCC(CCCCCCCCCCCC(OCC)(OCC)OCC)CC1CCSSCCCCCCCCCCCCC(OCC)(OCC)OCC)(OCC)OCC. The van der Waals surface area contributed by atoms with Crippen molar-refractivity contribution in [2.45, 2.75) is 324 Å². The maximum Gasteiger partial charge on any atom is 0.282 e. The molecule has 0 saturated heterocycles. The van der Waals surface area contributed by atoms with Crippen molar-refractivity contribution in [3.8, 4) is 0 Å². The minimum absolute atomic E-state index is 0.612. The third kappa shape index (κ3) is 42.5. The maximum absolute atomic E-state index is 5.92. The van der Waals surface area contributed by atoms with Crippen LogP contribution in [0.15, 0.2) is 0 Å². The molecule has 1 aliphatic carbocycles. The van der Waals surface area contributed by atoms with Gasteiger partial charge in [0.25, 0.3) is 17.9 Å². The van der Waals surface area contributed by atoms with Crippen molar-refractivity contribution >= 4 is 43.2 Å². The number of unbranched alkanes of at least 4 members (excludes halogenated alkanes) is 26. The van der Waals surface area contributed by atoms with Gasteiger partial charge >= 0.3 is 0 Å². The van der Waals surface area contributed by atoms with Crippen molar-refractivity contribution in [2.24, 2.45) is 17.8 Å². The molecule has 0 aliphatic heterocycles. The van der Waals surface area contributed by atoms with Gasteiger partial charge in [0.2, 0.25) is 0 Å². The predicted molar refractivity (Wildman–Crippen MR) is 349 cm³/mol. The molecular formula is C66H132O9S4. The summed E-state index contributed by atoms with van der Waals surface area (Å²) in [4.78, 5) is 0. The van der Waals surface area contributed by atoms with E-state index in [1.807, 2.05) is 62.3 Å². The lowest BCUT2D eigenvalue weighted by Gasteiger charge is -2.36. The molecule has 0 radical (unpaired) electrons. The highest BCUT2D eigenvalue weighted by Crippen LogP contribution is 2.42. The van der Waals surface area contributed by atoms with Gasteiger partial charge in [0.1, 0.15) is 0 Å². The molecule has 1 fully saturated rings. The van der Waals surface area contributed by atoms with Crippen LogP contribution < -0.4 is 0 Å². The van der Waals surface area contributed by atoms with Gasteiger partial charge in [-0.1, -0.05) is 210 Å². The van der Waals surface area contributed by atoms with Crippen LogP contribution in [0.25, 0.3) is 0 Å². The summed E-state index contributed by atoms with van der Waals surface area (Å²) in [5.74, 6) is 5.65. The van der Waals surface area contributed by atoms with E-state index < -0.39 is 17.9 Å². The normalized spacial score (nSPS) is 16.4. The molecule has 13 heteroatoms. The molecule has 0 aromatic rings. The first kappa shape index (κ1) is 78.1. The zero-order valence-corrected chi connectivity index (χ0v) is 56.9. The molecule has 474 valence electrons. The lowest BCUT2D eigenvalue weighted by Crippen LogP contribution is -2.39. The quantitative estimate of drug-likeness (QED) is 0.0330. The smallest absolute Gasteiger partial charge is 0.282 e. The summed E-state index contributed by atoms with van der Waals surface area (Å²) in [5.41, 5.74) is 0. The number of rotatable bonds is 64. The zero-order valence-electron chi connectivity index (χ0n) is 53.6. The van der Waals surface area contributed by atoms with Crippen LogP contribution in [0.1, 0.15) is 306 Å². The minimum Gasteiger partial charge on any atom is -0.328 e. The van der Waals surface area contributed by atoms with Crippen molar-refractivity contribution in [1.29, 1.82) is 0 Å². The molecule has 1 aliphatic rings. The Morgan fingerprint density at radius 2 is 0.494 bits per heavy atom. The minimum atomic E-state index is -0.844. The van der Waals surface area contributed by atoms with Gasteiger partial charge in [-0.3, -0.25) is 0 Å². The average Bonchev–Trinajstić information content (AvgIpc) is 3.43. The van der Waals surface area contributed by atoms with Gasteiger partial charge in [0.05, 0.1) is 0 Å². The predicted octanol–water partition coefficient (Wildman–Crippen LogP) is 21.7. The van der Waals surface area contributed by atoms with Gasteiger partial charge in [-0.05, 0) is 138 Å². The van der Waals surface area contributed by atoms with Crippen molar-refractivity contribution < 1.29 is 42.6 Å². The topological polar surface area (TPSA) is 83.1 Å². The lowest BCUT2D eigenvalue weighted by atomic mass is 9.70. The van der Waals surface area contributed by atoms with E-state index in [0.717, 1.165) is 56.3 Å². The largest absolute Gasteiger partial charge is 0.328 e. The summed E-state index contributed by atoms with van der Waals surface area (Å²) in [6, 6.07) is 0. The molecule has 0 aromatic heterocycles. The fourth-order valence-electron chi connectivity index (χ4n) is 11.9. The Bertz CT molecular complexity index is 1190. The Balaban J connectivity index is 2.34. The molecule has 0 N–H and O–H groups in total. The van der Waals surface area contributed by atoms with Crippen LogP contribution >= 0.6 is 43.2 Å². The first-order chi connectivity index (χ1) is 38.8. The van der Waals surface area contributed by atoms with Crippen molar-refractivity contribution in [2.75, 3.05) is 82.5 Å². The van der Waals surface area contributed by atoms with Crippen LogP contribution in [0, 0.1) is 17.8 Å². The van der Waals surface area contributed by atoms with E-state index in [1.165, 1.54) is 228 Å². The highest BCUT2D eigenvalue weighted by molar-refractivity contribution is 8.77. The summed E-state index contributed by atoms with van der Waals surface area (Å²) in [7, 11) is 8.71. The highest BCUT2D eigenvalue weighted by Gasteiger charge is 2.34. The van der Waals surface area contributed by atoms with Crippen molar-refractivity contribution in [1.82, 2.24) is 0 Å². The fourth-order valence-corrected chi connectivity index (χ4v) is 16.5. The van der Waals surface area contributed by atoms with Crippen molar-refractivity contribution in [3.05, 3.63) is 0 Å². The van der Waals surface area contributed by atoms with Crippen LogP contribution in [0.4, 0.5) is 0 Å². The molecule has 0 heterocycles. The Kier molecular flexibility index (Phi) is 56.1. The van der Waals surface area contributed by atoms with E-state index in [0.29, 0.717) is 59.5 Å². The second-order valence-electron chi connectivity index (χ2n) is 22.3. The van der Waals surface area contributed by atoms with Gasteiger partial charge in [-0.15, -0.1) is 0 Å².